The van der Waals surface area contributed by atoms with Crippen molar-refractivity contribution in [2.24, 2.45) is 0 Å². The molecule has 2 heterocycles. The molecule has 0 aliphatic rings. The van der Waals surface area contributed by atoms with Crippen LogP contribution in [0.1, 0.15) is 5.56 Å². The molecule has 0 aliphatic carbocycles. The predicted molar refractivity (Wildman–Crippen MR) is 132 cm³/mol. The van der Waals surface area contributed by atoms with Crippen LogP contribution in [0.25, 0.3) is 28.0 Å². The van der Waals surface area contributed by atoms with Crippen molar-refractivity contribution < 1.29 is 9.13 Å². The molecular weight excluding hydrogens is 455 g/mol. The van der Waals surface area contributed by atoms with E-state index in [-0.39, 0.29) is 5.82 Å². The van der Waals surface area contributed by atoms with E-state index in [9.17, 15) is 4.39 Å². The van der Waals surface area contributed by atoms with E-state index in [1.165, 1.54) is 12.1 Å². The molecule has 7 nitrogen and oxygen atoms in total. The maximum absolute atomic E-state index is 13.6. The first-order chi connectivity index (χ1) is 16.5. The van der Waals surface area contributed by atoms with E-state index in [4.69, 9.17) is 27.1 Å². The van der Waals surface area contributed by atoms with Gasteiger partial charge in [-0.25, -0.2) is 14.1 Å². The molecular formula is C25H20ClFN6O. The van der Waals surface area contributed by atoms with E-state index < -0.39 is 0 Å². The molecule has 0 amide bonds. The fraction of sp³-hybridized carbons (Fsp3) is 0.0800. The minimum Gasteiger partial charge on any atom is -0.496 e. The van der Waals surface area contributed by atoms with Crippen molar-refractivity contribution in [3.05, 3.63) is 89.2 Å². The lowest BCUT2D eigenvalue weighted by Crippen LogP contribution is -2.05. The number of aromatic nitrogens is 4. The lowest BCUT2D eigenvalue weighted by molar-refractivity contribution is 0.416. The third-order valence-electron chi connectivity index (χ3n) is 5.34. The molecule has 3 N–H and O–H groups in total. The van der Waals surface area contributed by atoms with Gasteiger partial charge < -0.3 is 15.8 Å². The second-order valence-corrected chi connectivity index (χ2v) is 7.99. The number of hydrogen-bond acceptors (Lipinski definition) is 6. The van der Waals surface area contributed by atoms with Crippen LogP contribution in [-0.2, 0) is 6.54 Å². The van der Waals surface area contributed by atoms with Crippen molar-refractivity contribution >= 4 is 34.4 Å². The topological polar surface area (TPSA) is 90.9 Å². The van der Waals surface area contributed by atoms with Crippen molar-refractivity contribution in [1.82, 2.24) is 19.7 Å². The first-order valence-corrected chi connectivity index (χ1v) is 10.8. The molecule has 0 radical (unpaired) electrons. The monoisotopic (exact) mass is 474 g/mol. The van der Waals surface area contributed by atoms with Gasteiger partial charge in [-0.3, -0.25) is 0 Å². The molecule has 170 valence electrons. The van der Waals surface area contributed by atoms with Crippen LogP contribution in [0.15, 0.2) is 72.8 Å². The number of halogens is 2. The smallest absolute Gasteiger partial charge is 0.225 e. The molecule has 0 bridgehead atoms. The Bertz CT molecular complexity index is 1490. The minimum absolute atomic E-state index is 0.306. The van der Waals surface area contributed by atoms with Crippen LogP contribution in [0, 0.1) is 5.82 Å². The Labute approximate surface area is 200 Å². The fourth-order valence-electron chi connectivity index (χ4n) is 3.73. The Kier molecular flexibility index (Phi) is 5.73. The maximum atomic E-state index is 13.6. The van der Waals surface area contributed by atoms with Gasteiger partial charge in [-0.1, -0.05) is 35.9 Å². The fourth-order valence-corrected chi connectivity index (χ4v) is 3.86. The van der Waals surface area contributed by atoms with Crippen LogP contribution in [0.3, 0.4) is 0 Å². The number of nitrogens with one attached hydrogen (secondary N) is 1. The SMILES string of the molecule is COc1ccccc1-c1nc(NCc2cccc(F)c2)nc2nn(-c3ccc(Cl)cc3)c(N)c12. The summed E-state index contributed by atoms with van der Waals surface area (Å²) in [6.07, 6.45) is 0. The molecule has 0 aliphatic heterocycles. The van der Waals surface area contributed by atoms with E-state index in [1.54, 1.807) is 30.0 Å². The van der Waals surface area contributed by atoms with Crippen molar-refractivity contribution in [3.63, 3.8) is 0 Å². The third kappa shape index (κ3) is 4.11. The molecule has 3 aromatic carbocycles. The normalized spacial score (nSPS) is 11.0. The lowest BCUT2D eigenvalue weighted by atomic mass is 10.1. The molecule has 5 aromatic rings. The summed E-state index contributed by atoms with van der Waals surface area (Å²) in [4.78, 5) is 9.33. The molecule has 0 saturated carbocycles. The molecule has 2 aromatic heterocycles. The van der Waals surface area contributed by atoms with Gasteiger partial charge in [-0.15, -0.1) is 5.10 Å². The van der Waals surface area contributed by atoms with E-state index in [1.807, 2.05) is 42.5 Å². The average molecular weight is 475 g/mol. The molecule has 0 saturated heterocycles. The van der Waals surface area contributed by atoms with Crippen LogP contribution >= 0.6 is 11.6 Å². The third-order valence-corrected chi connectivity index (χ3v) is 5.59. The molecule has 0 spiro atoms. The van der Waals surface area contributed by atoms with Crippen LogP contribution in [-0.4, -0.2) is 26.9 Å². The number of nitrogen functional groups attached to an aromatic ring is 1. The number of anilines is 2. The van der Waals surface area contributed by atoms with E-state index in [0.29, 0.717) is 45.8 Å². The van der Waals surface area contributed by atoms with E-state index in [0.717, 1.165) is 16.8 Å². The van der Waals surface area contributed by atoms with Gasteiger partial charge in [0.05, 0.1) is 23.9 Å². The van der Waals surface area contributed by atoms with Gasteiger partial charge in [0.1, 0.15) is 17.4 Å². The second-order valence-electron chi connectivity index (χ2n) is 7.55. The summed E-state index contributed by atoms with van der Waals surface area (Å²) in [5, 5.41) is 9.01. The van der Waals surface area contributed by atoms with Gasteiger partial charge in [-0.2, -0.15) is 4.98 Å². The Morgan fingerprint density at radius 2 is 1.82 bits per heavy atom. The molecule has 0 fully saturated rings. The summed E-state index contributed by atoms with van der Waals surface area (Å²) in [7, 11) is 1.60. The number of fused-ring (bicyclic) bond motifs is 1. The summed E-state index contributed by atoms with van der Waals surface area (Å²) >= 11 is 6.04. The molecule has 0 unspecified atom stereocenters. The first kappa shape index (κ1) is 21.7. The van der Waals surface area contributed by atoms with Gasteiger partial charge in [0.2, 0.25) is 5.95 Å². The Morgan fingerprint density at radius 3 is 2.59 bits per heavy atom. The summed E-state index contributed by atoms with van der Waals surface area (Å²) in [5.74, 6) is 1.05. The number of ether oxygens (including phenoxy) is 1. The number of methoxy groups -OCH3 is 1. The Hall–Kier alpha value is -4.17. The summed E-state index contributed by atoms with van der Waals surface area (Å²) in [6.45, 7) is 0.335. The van der Waals surface area contributed by atoms with E-state index in [2.05, 4.69) is 15.4 Å². The van der Waals surface area contributed by atoms with Crippen LogP contribution in [0.4, 0.5) is 16.2 Å². The summed E-state index contributed by atoms with van der Waals surface area (Å²) < 4.78 is 20.8. The van der Waals surface area contributed by atoms with Crippen LogP contribution in [0.2, 0.25) is 5.02 Å². The number of nitrogens with zero attached hydrogens (tertiary/aromatic N) is 4. The van der Waals surface area contributed by atoms with Crippen molar-refractivity contribution in [1.29, 1.82) is 0 Å². The maximum Gasteiger partial charge on any atom is 0.225 e. The second kappa shape index (κ2) is 8.99. The standard InChI is InChI=1S/C25H20ClFN6O/c1-34-20-8-3-2-7-19(20)22-21-23(28)33(18-11-9-16(26)10-12-18)32-24(21)31-25(30-22)29-14-15-5-4-6-17(27)13-15/h2-13H,14,28H2,1H3,(H,29,31,32). The zero-order valence-corrected chi connectivity index (χ0v) is 18.9. The number of hydrogen-bond donors (Lipinski definition) is 2. The van der Waals surface area contributed by atoms with Gasteiger partial charge in [-0.05, 0) is 54.1 Å². The quantitative estimate of drug-likeness (QED) is 0.339. The molecule has 9 heteroatoms. The molecule has 5 rings (SSSR count). The van der Waals surface area contributed by atoms with Crippen molar-refractivity contribution in [2.75, 3.05) is 18.2 Å². The average Bonchev–Trinajstić information content (AvgIpc) is 3.19. The van der Waals surface area contributed by atoms with E-state index >= 15 is 0 Å². The predicted octanol–water partition coefficient (Wildman–Crippen LogP) is 5.48. The largest absolute Gasteiger partial charge is 0.496 e. The van der Waals surface area contributed by atoms with Crippen molar-refractivity contribution in [3.8, 4) is 22.7 Å². The van der Waals surface area contributed by atoms with Crippen molar-refractivity contribution in [2.45, 2.75) is 6.54 Å². The lowest BCUT2D eigenvalue weighted by Gasteiger charge is -2.11. The highest BCUT2D eigenvalue weighted by Crippen LogP contribution is 2.37. The summed E-state index contributed by atoms with van der Waals surface area (Å²) in [6, 6.07) is 21.0. The van der Waals surface area contributed by atoms with Gasteiger partial charge in [0, 0.05) is 17.1 Å². The van der Waals surface area contributed by atoms with Gasteiger partial charge in [0.25, 0.3) is 0 Å². The van der Waals surface area contributed by atoms with Crippen LogP contribution in [0.5, 0.6) is 5.75 Å². The zero-order chi connectivity index (χ0) is 23.7. The molecule has 34 heavy (non-hydrogen) atoms. The number of benzene rings is 3. The highest BCUT2D eigenvalue weighted by atomic mass is 35.5. The van der Waals surface area contributed by atoms with Crippen LogP contribution < -0.4 is 15.8 Å². The summed E-state index contributed by atoms with van der Waals surface area (Å²) in [5.41, 5.74) is 9.77. The Morgan fingerprint density at radius 1 is 1.03 bits per heavy atom. The minimum atomic E-state index is -0.306. The number of rotatable bonds is 6. The Balaban J connectivity index is 1.66. The zero-order valence-electron chi connectivity index (χ0n) is 18.2. The van der Waals surface area contributed by atoms with Gasteiger partial charge in [0.15, 0.2) is 5.65 Å². The number of nitrogens with two attached hydrogens (primary N) is 1. The highest BCUT2D eigenvalue weighted by molar-refractivity contribution is 6.30. The first-order valence-electron chi connectivity index (χ1n) is 10.5. The van der Waals surface area contributed by atoms with Gasteiger partial charge >= 0.3 is 0 Å². The number of para-hydroxylation sites is 1. The molecule has 0 atom stereocenters. The highest BCUT2D eigenvalue weighted by Gasteiger charge is 2.21.